The molecule has 0 saturated carbocycles. The molecule has 1 aliphatic rings. The number of hydrogen-bond donors (Lipinski definition) is 1. The van der Waals surface area contributed by atoms with E-state index in [0.717, 1.165) is 30.4 Å². The molecule has 8 heteroatoms. The van der Waals surface area contributed by atoms with Crippen molar-refractivity contribution in [1.29, 1.82) is 0 Å². The largest absolute Gasteiger partial charge is 0.356 e. The first-order chi connectivity index (χ1) is 11.2. The van der Waals surface area contributed by atoms with E-state index < -0.39 is 14.6 Å². The fraction of sp³-hybridized carbons (Fsp3) is 0.588. The summed E-state index contributed by atoms with van der Waals surface area (Å²) in [5.41, 5.74) is 1.25. The summed E-state index contributed by atoms with van der Waals surface area (Å²) in [6.45, 7) is 5.30. The van der Waals surface area contributed by atoms with Gasteiger partial charge in [-0.05, 0) is 44.4 Å². The fourth-order valence-electron chi connectivity index (χ4n) is 2.80. The van der Waals surface area contributed by atoms with Crippen molar-refractivity contribution in [2.75, 3.05) is 32.4 Å². The first-order valence-electron chi connectivity index (χ1n) is 8.17. The van der Waals surface area contributed by atoms with Gasteiger partial charge in [-0.25, -0.2) is 8.42 Å². The van der Waals surface area contributed by atoms with Crippen molar-refractivity contribution in [2.24, 2.45) is 4.99 Å². The second-order valence-corrected chi connectivity index (χ2v) is 9.88. The molecule has 1 saturated heterocycles. The van der Waals surface area contributed by atoms with E-state index in [1.165, 1.54) is 5.56 Å². The molecule has 1 heterocycles. The molecule has 1 N–H and O–H groups in total. The van der Waals surface area contributed by atoms with Crippen molar-refractivity contribution in [3.05, 3.63) is 34.9 Å². The topological polar surface area (TPSA) is 61.8 Å². The van der Waals surface area contributed by atoms with Crippen LogP contribution >= 0.6 is 35.6 Å². The minimum absolute atomic E-state index is 0. The molecule has 1 aromatic carbocycles. The number of nitrogens with zero attached hydrogens (tertiary/aromatic N) is 2. The van der Waals surface area contributed by atoms with Crippen LogP contribution in [0.3, 0.4) is 0 Å². The zero-order chi connectivity index (χ0) is 17.8. The molecule has 1 fully saturated rings. The Hall–Kier alpha value is -0.540. The lowest BCUT2D eigenvalue weighted by Crippen LogP contribution is -2.57. The molecule has 0 unspecified atom stereocenters. The summed E-state index contributed by atoms with van der Waals surface area (Å²) in [5.74, 6) is 0.944. The van der Waals surface area contributed by atoms with Crippen LogP contribution in [0, 0.1) is 0 Å². The van der Waals surface area contributed by atoms with Gasteiger partial charge in [-0.3, -0.25) is 4.99 Å². The van der Waals surface area contributed by atoms with Crippen LogP contribution in [0.15, 0.2) is 29.3 Å². The number of aryl methyl sites for hydroxylation is 1. The molecule has 0 spiro atoms. The van der Waals surface area contributed by atoms with Gasteiger partial charge in [0.15, 0.2) is 15.8 Å². The van der Waals surface area contributed by atoms with E-state index in [-0.39, 0.29) is 29.7 Å². The number of rotatable bonds is 4. The number of halogens is 2. The Morgan fingerprint density at radius 2 is 1.96 bits per heavy atom. The van der Waals surface area contributed by atoms with Crippen LogP contribution in [0.5, 0.6) is 0 Å². The van der Waals surface area contributed by atoms with Gasteiger partial charge >= 0.3 is 0 Å². The molecule has 0 bridgehead atoms. The molecule has 0 aromatic heterocycles. The SMILES string of the molecule is CN=C(NCCCc1ccc(Cl)cc1)N1CCS(=O)(=O)C(C)(C)C1.I. The van der Waals surface area contributed by atoms with E-state index in [2.05, 4.69) is 10.3 Å². The highest BCUT2D eigenvalue weighted by Gasteiger charge is 2.40. The van der Waals surface area contributed by atoms with Gasteiger partial charge in [-0.1, -0.05) is 23.7 Å². The summed E-state index contributed by atoms with van der Waals surface area (Å²) >= 11 is 5.89. The Kier molecular flexibility index (Phi) is 8.47. The highest BCUT2D eigenvalue weighted by molar-refractivity contribution is 14.0. The van der Waals surface area contributed by atoms with Crippen LogP contribution < -0.4 is 5.32 Å². The Bertz CT molecular complexity index is 690. The van der Waals surface area contributed by atoms with Gasteiger partial charge in [-0.15, -0.1) is 24.0 Å². The van der Waals surface area contributed by atoms with Crippen molar-refractivity contribution in [1.82, 2.24) is 10.2 Å². The van der Waals surface area contributed by atoms with Crippen LogP contribution in [0.25, 0.3) is 0 Å². The lowest BCUT2D eigenvalue weighted by Gasteiger charge is -2.39. The minimum Gasteiger partial charge on any atom is -0.356 e. The molecule has 5 nitrogen and oxygen atoms in total. The molecule has 142 valence electrons. The highest BCUT2D eigenvalue weighted by atomic mass is 127. The van der Waals surface area contributed by atoms with E-state index in [1.807, 2.05) is 29.2 Å². The minimum atomic E-state index is -3.04. The molecular formula is C17H27ClIN3O2S. The summed E-state index contributed by atoms with van der Waals surface area (Å²) in [6, 6.07) is 7.88. The predicted molar refractivity (Wildman–Crippen MR) is 116 cm³/mol. The molecule has 2 rings (SSSR count). The first-order valence-corrected chi connectivity index (χ1v) is 10.2. The van der Waals surface area contributed by atoms with Crippen molar-refractivity contribution in [2.45, 2.75) is 31.4 Å². The maximum Gasteiger partial charge on any atom is 0.193 e. The number of benzene rings is 1. The van der Waals surface area contributed by atoms with Crippen molar-refractivity contribution in [3.63, 3.8) is 0 Å². The van der Waals surface area contributed by atoms with E-state index in [4.69, 9.17) is 11.6 Å². The quantitative estimate of drug-likeness (QED) is 0.299. The monoisotopic (exact) mass is 499 g/mol. The first kappa shape index (κ1) is 22.5. The maximum absolute atomic E-state index is 12.1. The Morgan fingerprint density at radius 1 is 1.32 bits per heavy atom. The normalized spacial score (nSPS) is 19.2. The number of guanidine groups is 1. The van der Waals surface area contributed by atoms with Gasteiger partial charge < -0.3 is 10.2 Å². The van der Waals surface area contributed by atoms with E-state index >= 15 is 0 Å². The van der Waals surface area contributed by atoms with Gasteiger partial charge in [0.25, 0.3) is 0 Å². The number of sulfone groups is 1. The standard InChI is InChI=1S/C17H26ClN3O2S.HI/c1-17(2)13-21(11-12-24(17,22)23)16(19-3)20-10-4-5-14-6-8-15(18)9-7-14;/h6-9H,4-5,10-13H2,1-3H3,(H,19,20);1H. The van der Waals surface area contributed by atoms with Crippen LogP contribution in [0.4, 0.5) is 0 Å². The van der Waals surface area contributed by atoms with Crippen LogP contribution in [-0.2, 0) is 16.3 Å². The van der Waals surface area contributed by atoms with E-state index in [0.29, 0.717) is 13.1 Å². The third-order valence-corrected chi connectivity index (χ3v) is 7.18. The molecule has 1 aliphatic heterocycles. The average molecular weight is 500 g/mol. The summed E-state index contributed by atoms with van der Waals surface area (Å²) in [5, 5.41) is 4.09. The van der Waals surface area contributed by atoms with Gasteiger partial charge in [0, 0.05) is 31.7 Å². The second kappa shape index (κ2) is 9.41. The summed E-state index contributed by atoms with van der Waals surface area (Å²) in [4.78, 5) is 6.33. The smallest absolute Gasteiger partial charge is 0.193 e. The van der Waals surface area contributed by atoms with Crippen LogP contribution in [0.1, 0.15) is 25.8 Å². The number of nitrogens with one attached hydrogen (secondary N) is 1. The summed E-state index contributed by atoms with van der Waals surface area (Å²) in [7, 11) is -1.30. The molecule has 1 aromatic rings. The highest BCUT2D eigenvalue weighted by Crippen LogP contribution is 2.23. The summed E-state index contributed by atoms with van der Waals surface area (Å²) in [6.07, 6.45) is 1.93. The summed E-state index contributed by atoms with van der Waals surface area (Å²) < 4.78 is 23.5. The third kappa shape index (κ3) is 5.99. The molecule has 25 heavy (non-hydrogen) atoms. The molecule has 0 atom stereocenters. The zero-order valence-corrected chi connectivity index (χ0v) is 18.9. The van der Waals surface area contributed by atoms with E-state index in [9.17, 15) is 8.42 Å². The van der Waals surface area contributed by atoms with Gasteiger partial charge in [0.05, 0.1) is 10.5 Å². The van der Waals surface area contributed by atoms with Crippen molar-refractivity contribution >= 4 is 51.4 Å². The van der Waals surface area contributed by atoms with Crippen LogP contribution in [-0.4, -0.2) is 56.5 Å². The zero-order valence-electron chi connectivity index (χ0n) is 15.0. The number of aliphatic imine (C=N–C) groups is 1. The molecule has 0 aliphatic carbocycles. The van der Waals surface area contributed by atoms with Crippen molar-refractivity contribution < 1.29 is 8.42 Å². The van der Waals surface area contributed by atoms with Crippen molar-refractivity contribution in [3.8, 4) is 0 Å². The van der Waals surface area contributed by atoms with Gasteiger partial charge in [0.2, 0.25) is 0 Å². The molecule has 0 radical (unpaired) electrons. The number of hydrogen-bond acceptors (Lipinski definition) is 3. The average Bonchev–Trinajstić information content (AvgIpc) is 2.52. The van der Waals surface area contributed by atoms with Gasteiger partial charge in [-0.2, -0.15) is 0 Å². The molecule has 0 amide bonds. The van der Waals surface area contributed by atoms with Crippen LogP contribution in [0.2, 0.25) is 5.02 Å². The second-order valence-electron chi connectivity index (χ2n) is 6.70. The van der Waals surface area contributed by atoms with Gasteiger partial charge in [0.1, 0.15) is 0 Å². The lowest BCUT2D eigenvalue weighted by atomic mass is 10.1. The maximum atomic E-state index is 12.1. The Morgan fingerprint density at radius 3 is 2.52 bits per heavy atom. The fourth-order valence-corrected chi connectivity index (χ4v) is 4.29. The lowest BCUT2D eigenvalue weighted by molar-refractivity contribution is 0.353. The molecular weight excluding hydrogens is 473 g/mol. The Labute approximate surface area is 173 Å². The predicted octanol–water partition coefficient (Wildman–Crippen LogP) is 2.98. The Balaban J connectivity index is 0.00000312. The van der Waals surface area contributed by atoms with E-state index in [1.54, 1.807) is 20.9 Å². The third-order valence-electron chi connectivity index (χ3n) is 4.39.